The number of hydrogen-bond acceptors (Lipinski definition) is 3. The van der Waals surface area contributed by atoms with Crippen LogP contribution in [0.2, 0.25) is 0 Å². The minimum absolute atomic E-state index is 0.0920. The SMILES string of the molecule is CC.CC(=O)CC(C)C.CNC(C)(C)CCO. The van der Waals surface area contributed by atoms with E-state index in [9.17, 15) is 4.79 Å². The van der Waals surface area contributed by atoms with Crippen LogP contribution in [0, 0.1) is 5.92 Å². The van der Waals surface area contributed by atoms with E-state index in [1.54, 1.807) is 6.92 Å². The third-order valence-electron chi connectivity index (χ3n) is 2.11. The topological polar surface area (TPSA) is 49.3 Å². The summed E-state index contributed by atoms with van der Waals surface area (Å²) in [5.74, 6) is 0.813. The van der Waals surface area contributed by atoms with Gasteiger partial charge < -0.3 is 15.2 Å². The Morgan fingerprint density at radius 1 is 1.29 bits per heavy atom. The van der Waals surface area contributed by atoms with Gasteiger partial charge in [0.15, 0.2) is 0 Å². The van der Waals surface area contributed by atoms with Crippen LogP contribution in [0.1, 0.15) is 61.3 Å². The molecule has 3 nitrogen and oxygen atoms in total. The van der Waals surface area contributed by atoms with E-state index in [0.717, 1.165) is 12.8 Å². The molecule has 0 amide bonds. The van der Waals surface area contributed by atoms with Crippen molar-refractivity contribution in [2.45, 2.75) is 66.8 Å². The summed E-state index contributed by atoms with van der Waals surface area (Å²) in [5, 5.41) is 11.6. The molecule has 0 atom stereocenters. The zero-order valence-electron chi connectivity index (χ0n) is 13.1. The smallest absolute Gasteiger partial charge is 0.130 e. The average molecular weight is 247 g/mol. The van der Waals surface area contributed by atoms with Crippen LogP contribution in [0.25, 0.3) is 0 Å². The van der Waals surface area contributed by atoms with Crippen LogP contribution in [0.5, 0.6) is 0 Å². The molecule has 106 valence electrons. The second-order valence-electron chi connectivity index (χ2n) is 4.91. The van der Waals surface area contributed by atoms with Crippen molar-refractivity contribution in [1.29, 1.82) is 0 Å². The fourth-order valence-corrected chi connectivity index (χ4v) is 0.979. The van der Waals surface area contributed by atoms with Gasteiger partial charge in [-0.25, -0.2) is 0 Å². The maximum absolute atomic E-state index is 10.3. The molecule has 0 aliphatic rings. The highest BCUT2D eigenvalue weighted by molar-refractivity contribution is 5.75. The molecule has 0 aliphatic heterocycles. The molecule has 0 unspecified atom stereocenters. The molecule has 0 aliphatic carbocycles. The molecule has 2 N–H and O–H groups in total. The second-order valence-corrected chi connectivity index (χ2v) is 4.91. The Balaban J connectivity index is -0.000000202. The number of hydrogen-bond donors (Lipinski definition) is 2. The van der Waals surface area contributed by atoms with Crippen molar-refractivity contribution < 1.29 is 9.90 Å². The number of carbonyl (C=O) groups is 1. The zero-order valence-corrected chi connectivity index (χ0v) is 13.1. The average Bonchev–Trinajstić information content (AvgIpc) is 2.19. The number of rotatable bonds is 5. The second kappa shape index (κ2) is 13.7. The summed E-state index contributed by atoms with van der Waals surface area (Å²) >= 11 is 0. The Labute approximate surface area is 108 Å². The van der Waals surface area contributed by atoms with Gasteiger partial charge in [0.05, 0.1) is 0 Å². The van der Waals surface area contributed by atoms with Crippen molar-refractivity contribution in [2.24, 2.45) is 5.92 Å². The van der Waals surface area contributed by atoms with Gasteiger partial charge in [0.2, 0.25) is 0 Å². The molecule has 0 saturated heterocycles. The predicted molar refractivity (Wildman–Crippen MR) is 76.3 cm³/mol. The molecule has 0 rings (SSSR count). The minimum atomic E-state index is 0.0920. The normalized spacial score (nSPS) is 10.0. The van der Waals surface area contributed by atoms with E-state index in [1.165, 1.54) is 0 Å². The summed E-state index contributed by atoms with van der Waals surface area (Å²) in [6.45, 7) is 14.1. The summed E-state index contributed by atoms with van der Waals surface area (Å²) in [6, 6.07) is 0. The minimum Gasteiger partial charge on any atom is -0.396 e. The predicted octanol–water partition coefficient (Wildman–Crippen LogP) is 3.01. The van der Waals surface area contributed by atoms with Crippen LogP contribution >= 0.6 is 0 Å². The van der Waals surface area contributed by atoms with Crippen LogP contribution in [-0.4, -0.2) is 30.1 Å². The van der Waals surface area contributed by atoms with Crippen LogP contribution < -0.4 is 5.32 Å². The highest BCUT2D eigenvalue weighted by atomic mass is 16.3. The van der Waals surface area contributed by atoms with E-state index < -0.39 is 0 Å². The van der Waals surface area contributed by atoms with Gasteiger partial charge in [0.1, 0.15) is 5.78 Å². The van der Waals surface area contributed by atoms with Crippen molar-refractivity contribution in [2.75, 3.05) is 13.7 Å². The summed E-state index contributed by atoms with van der Waals surface area (Å²) in [4.78, 5) is 10.3. The van der Waals surface area contributed by atoms with Crippen molar-refractivity contribution >= 4 is 5.78 Å². The first-order valence-corrected chi connectivity index (χ1v) is 6.54. The Morgan fingerprint density at radius 3 is 1.76 bits per heavy atom. The molecule has 0 aromatic rings. The Morgan fingerprint density at radius 2 is 1.71 bits per heavy atom. The summed E-state index contributed by atoms with van der Waals surface area (Å²) < 4.78 is 0. The molecule has 0 radical (unpaired) electrons. The molecule has 0 heterocycles. The number of carbonyl (C=O) groups excluding carboxylic acids is 1. The first-order valence-electron chi connectivity index (χ1n) is 6.54. The Bertz CT molecular complexity index is 166. The lowest BCUT2D eigenvalue weighted by atomic mass is 10.0. The van der Waals surface area contributed by atoms with Crippen LogP contribution in [0.15, 0.2) is 0 Å². The number of nitrogens with one attached hydrogen (secondary N) is 1. The van der Waals surface area contributed by atoms with Gasteiger partial charge in [-0.05, 0) is 40.2 Å². The van der Waals surface area contributed by atoms with Gasteiger partial charge >= 0.3 is 0 Å². The number of aliphatic hydroxyl groups is 1. The van der Waals surface area contributed by atoms with Gasteiger partial charge in [-0.1, -0.05) is 27.7 Å². The van der Waals surface area contributed by atoms with E-state index in [-0.39, 0.29) is 17.9 Å². The summed E-state index contributed by atoms with van der Waals surface area (Å²) in [5.41, 5.74) is 0.0920. The molecule has 3 heteroatoms. The summed E-state index contributed by atoms with van der Waals surface area (Å²) in [7, 11) is 1.90. The number of aliphatic hydroxyl groups excluding tert-OH is 1. The van der Waals surface area contributed by atoms with Gasteiger partial charge in [-0.2, -0.15) is 0 Å². The lowest BCUT2D eigenvalue weighted by molar-refractivity contribution is -0.117. The maximum Gasteiger partial charge on any atom is 0.130 e. The fourth-order valence-electron chi connectivity index (χ4n) is 0.979. The van der Waals surface area contributed by atoms with Crippen LogP contribution in [-0.2, 0) is 4.79 Å². The van der Waals surface area contributed by atoms with Crippen molar-refractivity contribution in [1.82, 2.24) is 5.32 Å². The summed E-state index contributed by atoms with van der Waals surface area (Å²) in [6.07, 6.45) is 1.53. The Hall–Kier alpha value is -0.410. The van der Waals surface area contributed by atoms with Crippen LogP contribution in [0.3, 0.4) is 0 Å². The molecule has 0 aromatic carbocycles. The lowest BCUT2D eigenvalue weighted by Gasteiger charge is -2.21. The largest absolute Gasteiger partial charge is 0.396 e. The highest BCUT2D eigenvalue weighted by Crippen LogP contribution is 2.04. The standard InChI is InChI=1S/C6H15NO.C6H12O.C2H6/c1-6(2,7-3)4-5-8;1-5(2)4-6(3)7;1-2/h7-8H,4-5H2,1-3H3;5H,4H2,1-3H3;1-2H3. The van der Waals surface area contributed by atoms with E-state index in [0.29, 0.717) is 5.92 Å². The van der Waals surface area contributed by atoms with Gasteiger partial charge in [-0.15, -0.1) is 0 Å². The maximum atomic E-state index is 10.3. The van der Waals surface area contributed by atoms with E-state index in [4.69, 9.17) is 5.11 Å². The van der Waals surface area contributed by atoms with E-state index in [2.05, 4.69) is 19.2 Å². The van der Waals surface area contributed by atoms with Gasteiger partial charge in [-0.3, -0.25) is 0 Å². The van der Waals surface area contributed by atoms with Gasteiger partial charge in [0.25, 0.3) is 0 Å². The molecular formula is C14H33NO2. The Kier molecular flexibility index (Phi) is 17.5. The first kappa shape index (κ1) is 21.8. The van der Waals surface area contributed by atoms with Crippen molar-refractivity contribution in [3.8, 4) is 0 Å². The molecular weight excluding hydrogens is 214 g/mol. The van der Waals surface area contributed by atoms with Crippen LogP contribution in [0.4, 0.5) is 0 Å². The number of ketones is 1. The third kappa shape index (κ3) is 25.7. The highest BCUT2D eigenvalue weighted by Gasteiger charge is 2.11. The molecule has 0 bridgehead atoms. The zero-order chi connectivity index (χ0) is 14.5. The van der Waals surface area contributed by atoms with Crippen molar-refractivity contribution in [3.05, 3.63) is 0 Å². The molecule has 0 aromatic heterocycles. The monoisotopic (exact) mass is 247 g/mol. The molecule has 17 heavy (non-hydrogen) atoms. The van der Waals surface area contributed by atoms with E-state index in [1.807, 2.05) is 34.7 Å². The van der Waals surface area contributed by atoms with E-state index >= 15 is 0 Å². The number of Topliss-reactive ketones (excluding diaryl/α,β-unsaturated/α-hetero) is 1. The first-order chi connectivity index (χ1) is 7.75. The molecule has 0 fully saturated rings. The van der Waals surface area contributed by atoms with Crippen molar-refractivity contribution in [3.63, 3.8) is 0 Å². The molecule has 0 saturated carbocycles. The third-order valence-corrected chi connectivity index (χ3v) is 2.11. The van der Waals surface area contributed by atoms with Gasteiger partial charge in [0, 0.05) is 18.6 Å². The lowest BCUT2D eigenvalue weighted by Crippen LogP contribution is -2.36. The quantitative estimate of drug-likeness (QED) is 0.785. The fraction of sp³-hybridized carbons (Fsp3) is 0.929. The molecule has 0 spiro atoms.